The first-order valence-electron chi connectivity index (χ1n) is 8.90. The molecule has 0 radical (unpaired) electrons. The van der Waals surface area contributed by atoms with Crippen molar-refractivity contribution in [1.82, 2.24) is 0 Å². The molecule has 0 unspecified atom stereocenters. The van der Waals surface area contributed by atoms with Crippen molar-refractivity contribution in [1.29, 1.82) is 0 Å². The van der Waals surface area contributed by atoms with Crippen LogP contribution in [0.3, 0.4) is 0 Å². The van der Waals surface area contributed by atoms with Gasteiger partial charge in [-0.2, -0.15) is 13.2 Å². The van der Waals surface area contributed by atoms with Gasteiger partial charge >= 0.3 is 6.18 Å². The largest absolute Gasteiger partial charge is 1.00 e. The van der Waals surface area contributed by atoms with Crippen LogP contribution in [0.15, 0.2) is 64.9 Å². The first kappa shape index (κ1) is 22.8. The Bertz CT molecular complexity index is 837. The van der Waals surface area contributed by atoms with Crippen LogP contribution in [-0.2, 0) is 6.18 Å². The number of fused-ring (bicyclic) bond motifs is 2. The topological polar surface area (TPSA) is 3.24 Å². The molecular weight excluding hydrogens is 449 g/mol. The van der Waals surface area contributed by atoms with Crippen molar-refractivity contribution in [2.75, 3.05) is 38.6 Å². The number of benzene rings is 2. The maximum absolute atomic E-state index is 13.2. The van der Waals surface area contributed by atoms with Gasteiger partial charge in [0, 0.05) is 22.8 Å². The summed E-state index contributed by atoms with van der Waals surface area (Å²) >= 11 is 1.53. The zero-order chi connectivity index (χ0) is 19.7. The molecule has 0 saturated carbocycles. The van der Waals surface area contributed by atoms with Gasteiger partial charge < -0.3 is 26.4 Å². The molecule has 0 spiro atoms. The quantitative estimate of drug-likeness (QED) is 0.469. The summed E-state index contributed by atoms with van der Waals surface area (Å²) in [4.78, 5) is 3.97. The van der Waals surface area contributed by atoms with Gasteiger partial charge in [-0.25, -0.2) is 0 Å². The van der Waals surface area contributed by atoms with Crippen molar-refractivity contribution in [2.45, 2.75) is 22.4 Å². The lowest BCUT2D eigenvalue weighted by Crippen LogP contribution is -3.00. The third-order valence-electron chi connectivity index (χ3n) is 4.72. The van der Waals surface area contributed by atoms with E-state index in [4.69, 9.17) is 0 Å². The summed E-state index contributed by atoms with van der Waals surface area (Å²) in [7, 11) is 4.27. The second kappa shape index (κ2) is 8.93. The van der Waals surface area contributed by atoms with E-state index >= 15 is 0 Å². The van der Waals surface area contributed by atoms with E-state index in [1.807, 2.05) is 35.2 Å². The average Bonchev–Trinajstić information content (AvgIpc) is 2.59. The fourth-order valence-corrected chi connectivity index (χ4v) is 4.42. The van der Waals surface area contributed by atoms with E-state index in [-0.39, 0.29) is 17.0 Å². The summed E-state index contributed by atoms with van der Waals surface area (Å²) in [6, 6.07) is 11.9. The van der Waals surface area contributed by atoms with Crippen LogP contribution in [0.1, 0.15) is 12.0 Å². The predicted molar refractivity (Wildman–Crippen MR) is 106 cm³/mol. The molecule has 1 aliphatic rings. The standard InChI is InChI=1S/C21H24F3N2S.BrH/c1-4-13-26(2,3)14-7-12-25-17-8-5-6-9-19(17)27-20-11-10-16(15-18(20)25)21(22,23)24;/h4-6,8-11,15H,1,7,12-14H2,2-3H3;1H/q+1;/p-1. The molecule has 0 aromatic heterocycles. The highest BCUT2D eigenvalue weighted by Gasteiger charge is 2.33. The molecule has 0 aliphatic carbocycles. The molecule has 7 heteroatoms. The van der Waals surface area contributed by atoms with Gasteiger partial charge in [0.15, 0.2) is 0 Å². The van der Waals surface area contributed by atoms with Crippen LogP contribution < -0.4 is 21.9 Å². The Hall–Kier alpha value is -1.44. The zero-order valence-electron chi connectivity index (χ0n) is 16.0. The maximum atomic E-state index is 13.2. The highest BCUT2D eigenvalue weighted by Crippen LogP contribution is 2.49. The first-order valence-corrected chi connectivity index (χ1v) is 9.71. The Balaban J connectivity index is 0.00000280. The zero-order valence-corrected chi connectivity index (χ0v) is 18.4. The molecule has 0 fully saturated rings. The van der Waals surface area contributed by atoms with Crippen LogP contribution in [-0.4, -0.2) is 38.2 Å². The lowest BCUT2D eigenvalue weighted by molar-refractivity contribution is -0.884. The molecule has 3 rings (SSSR count). The molecule has 2 nitrogen and oxygen atoms in total. The fourth-order valence-electron chi connectivity index (χ4n) is 3.34. The van der Waals surface area contributed by atoms with Crippen molar-refractivity contribution in [2.24, 2.45) is 0 Å². The molecule has 152 valence electrons. The van der Waals surface area contributed by atoms with E-state index in [1.165, 1.54) is 23.9 Å². The fraction of sp³-hybridized carbons (Fsp3) is 0.333. The number of rotatable bonds is 6. The smallest absolute Gasteiger partial charge is 0.416 e. The summed E-state index contributed by atoms with van der Waals surface area (Å²) in [5, 5.41) is 0. The van der Waals surface area contributed by atoms with Crippen LogP contribution in [0.2, 0.25) is 0 Å². The van der Waals surface area contributed by atoms with Crippen LogP contribution in [0.25, 0.3) is 0 Å². The van der Waals surface area contributed by atoms with Gasteiger partial charge in [-0.3, -0.25) is 0 Å². The lowest BCUT2D eigenvalue weighted by Gasteiger charge is -2.35. The van der Waals surface area contributed by atoms with Crippen LogP contribution in [0.5, 0.6) is 0 Å². The molecule has 1 aliphatic heterocycles. The SMILES string of the molecule is C=CC[N+](C)(C)CCCN1c2ccccc2Sc2ccc(C(F)(F)F)cc21.[Br-]. The number of nitrogens with zero attached hydrogens (tertiary/aromatic N) is 2. The first-order chi connectivity index (χ1) is 12.7. The van der Waals surface area contributed by atoms with E-state index < -0.39 is 11.7 Å². The van der Waals surface area contributed by atoms with Crippen LogP contribution in [0, 0.1) is 0 Å². The van der Waals surface area contributed by atoms with Gasteiger partial charge in [0.2, 0.25) is 0 Å². The highest BCUT2D eigenvalue weighted by molar-refractivity contribution is 7.99. The minimum absolute atomic E-state index is 0. The van der Waals surface area contributed by atoms with Gasteiger partial charge in [0.25, 0.3) is 0 Å². The molecule has 0 saturated heterocycles. The van der Waals surface area contributed by atoms with Crippen LogP contribution in [0.4, 0.5) is 24.5 Å². The predicted octanol–water partition coefficient (Wildman–Crippen LogP) is 2.96. The Kier molecular flexibility index (Phi) is 7.28. The van der Waals surface area contributed by atoms with Gasteiger partial charge in [0.1, 0.15) is 0 Å². The van der Waals surface area contributed by atoms with Crippen LogP contribution >= 0.6 is 11.8 Å². The summed E-state index contributed by atoms with van der Waals surface area (Å²) < 4.78 is 40.5. The van der Waals surface area contributed by atoms with Crippen molar-refractivity contribution >= 4 is 23.1 Å². The number of likely N-dealkylation sites (N-methyl/N-ethyl adjacent to an activating group) is 1. The van der Waals surface area contributed by atoms with Gasteiger partial charge in [-0.1, -0.05) is 30.5 Å². The lowest BCUT2D eigenvalue weighted by atomic mass is 10.1. The van der Waals surface area contributed by atoms with Gasteiger partial charge in [-0.15, -0.1) is 0 Å². The van der Waals surface area contributed by atoms with Gasteiger partial charge in [-0.05, 0) is 36.4 Å². The van der Waals surface area contributed by atoms with Crippen molar-refractivity contribution in [3.8, 4) is 0 Å². The molecule has 0 atom stereocenters. The second-order valence-corrected chi connectivity index (χ2v) is 8.47. The van der Waals surface area contributed by atoms with E-state index in [9.17, 15) is 13.2 Å². The number of alkyl halides is 3. The van der Waals surface area contributed by atoms with Crippen molar-refractivity contribution in [3.05, 3.63) is 60.7 Å². The number of para-hydroxylation sites is 1. The molecular formula is C21H24BrF3N2S. The maximum Gasteiger partial charge on any atom is 0.416 e. The molecule has 2 aromatic carbocycles. The van der Waals surface area contributed by atoms with E-state index in [1.54, 1.807) is 6.07 Å². The molecule has 0 N–H and O–H groups in total. The number of hydrogen-bond donors (Lipinski definition) is 0. The number of hydrogen-bond acceptors (Lipinski definition) is 2. The summed E-state index contributed by atoms with van der Waals surface area (Å²) in [6.45, 7) is 6.26. The Morgan fingerprint density at radius 2 is 1.75 bits per heavy atom. The van der Waals surface area contributed by atoms with E-state index in [2.05, 4.69) is 20.7 Å². The Morgan fingerprint density at radius 1 is 1.07 bits per heavy atom. The second-order valence-electron chi connectivity index (χ2n) is 7.39. The van der Waals surface area contributed by atoms with E-state index in [0.717, 1.165) is 39.5 Å². The monoisotopic (exact) mass is 472 g/mol. The minimum atomic E-state index is -4.34. The Labute approximate surface area is 179 Å². The number of quaternary nitrogens is 1. The third-order valence-corrected chi connectivity index (χ3v) is 5.85. The summed E-state index contributed by atoms with van der Waals surface area (Å²) in [6.07, 6.45) is -1.57. The van der Waals surface area contributed by atoms with E-state index in [0.29, 0.717) is 12.2 Å². The summed E-state index contributed by atoms with van der Waals surface area (Å²) in [5.41, 5.74) is 1.01. The average molecular weight is 473 g/mol. The highest BCUT2D eigenvalue weighted by atomic mass is 79.9. The molecule has 2 aromatic rings. The number of halogens is 4. The normalized spacial score (nSPS) is 13.4. The molecule has 28 heavy (non-hydrogen) atoms. The van der Waals surface area contributed by atoms with Crippen molar-refractivity contribution in [3.63, 3.8) is 0 Å². The molecule has 1 heterocycles. The number of anilines is 2. The summed E-state index contributed by atoms with van der Waals surface area (Å²) in [5.74, 6) is 0. The third kappa shape index (κ3) is 5.13. The minimum Gasteiger partial charge on any atom is -1.00 e. The Morgan fingerprint density at radius 3 is 2.43 bits per heavy atom. The van der Waals surface area contributed by atoms with Crippen molar-refractivity contribution < 1.29 is 34.6 Å². The molecule has 0 amide bonds. The molecule has 0 bridgehead atoms. The van der Waals surface area contributed by atoms with Gasteiger partial charge in [0.05, 0.1) is 44.1 Å².